The topological polar surface area (TPSA) is 55.0 Å². The lowest BCUT2D eigenvalue weighted by molar-refractivity contribution is 0.750. The van der Waals surface area contributed by atoms with Crippen LogP contribution < -0.4 is 10.6 Å². The summed E-state index contributed by atoms with van der Waals surface area (Å²) in [4.78, 5) is 11.1. The fourth-order valence-corrected chi connectivity index (χ4v) is 2.54. The highest BCUT2D eigenvalue weighted by molar-refractivity contribution is 5.62. The molecule has 1 aromatic carbocycles. The van der Waals surface area contributed by atoms with Crippen molar-refractivity contribution in [1.29, 1.82) is 0 Å². The molecule has 1 fully saturated rings. The van der Waals surface area contributed by atoms with E-state index in [0.29, 0.717) is 0 Å². The van der Waals surface area contributed by atoms with E-state index in [1.165, 1.54) is 5.56 Å². The second kappa shape index (κ2) is 5.59. The molecule has 1 atom stereocenters. The molecule has 1 saturated heterocycles. The van der Waals surface area contributed by atoms with E-state index in [0.717, 1.165) is 43.0 Å². The van der Waals surface area contributed by atoms with Crippen molar-refractivity contribution in [2.75, 3.05) is 18.0 Å². The average Bonchev–Trinajstić information content (AvgIpc) is 2.94. The van der Waals surface area contributed by atoms with Crippen molar-refractivity contribution in [2.24, 2.45) is 5.73 Å². The van der Waals surface area contributed by atoms with E-state index in [1.807, 2.05) is 12.4 Å². The predicted octanol–water partition coefficient (Wildman–Crippen LogP) is 2.24. The minimum absolute atomic E-state index is 0.250. The van der Waals surface area contributed by atoms with Gasteiger partial charge in [0, 0.05) is 37.1 Å². The number of nitrogens with zero attached hydrogens (tertiary/aromatic N) is 3. The quantitative estimate of drug-likeness (QED) is 0.927. The summed E-state index contributed by atoms with van der Waals surface area (Å²) < 4.78 is 0. The largest absolute Gasteiger partial charge is 0.339 e. The van der Waals surface area contributed by atoms with E-state index in [4.69, 9.17) is 5.73 Å². The molecule has 0 bridgehead atoms. The Hall–Kier alpha value is -1.94. The third kappa shape index (κ3) is 2.65. The Kier molecular flexibility index (Phi) is 3.65. The number of rotatable bonds is 3. The van der Waals surface area contributed by atoms with E-state index in [1.54, 1.807) is 0 Å². The molecule has 1 aliphatic heterocycles. The molecule has 0 amide bonds. The summed E-state index contributed by atoms with van der Waals surface area (Å²) in [5.74, 6) is 0.784. The van der Waals surface area contributed by atoms with Crippen LogP contribution in [0.1, 0.15) is 18.9 Å². The van der Waals surface area contributed by atoms with Gasteiger partial charge in [-0.15, -0.1) is 0 Å². The molecule has 1 aromatic heterocycles. The SMILES string of the molecule is CCc1ccc(-c2cnc(N3CCC(N)C3)nc2)cc1. The Balaban J connectivity index is 1.78. The van der Waals surface area contributed by atoms with E-state index < -0.39 is 0 Å². The molecule has 4 heteroatoms. The molecule has 1 unspecified atom stereocenters. The van der Waals surface area contributed by atoms with Crippen molar-refractivity contribution < 1.29 is 0 Å². The minimum Gasteiger partial charge on any atom is -0.339 e. The number of anilines is 1. The maximum atomic E-state index is 5.91. The lowest BCUT2D eigenvalue weighted by Crippen LogP contribution is -2.27. The summed E-state index contributed by atoms with van der Waals surface area (Å²) in [6, 6.07) is 8.82. The number of hydrogen-bond acceptors (Lipinski definition) is 4. The molecule has 0 radical (unpaired) electrons. The van der Waals surface area contributed by atoms with Crippen molar-refractivity contribution in [1.82, 2.24) is 9.97 Å². The van der Waals surface area contributed by atoms with Crippen molar-refractivity contribution in [3.05, 3.63) is 42.2 Å². The maximum Gasteiger partial charge on any atom is 0.225 e. The highest BCUT2D eigenvalue weighted by Crippen LogP contribution is 2.21. The zero-order valence-electron chi connectivity index (χ0n) is 11.8. The summed E-state index contributed by atoms with van der Waals surface area (Å²) in [7, 11) is 0. The molecule has 0 saturated carbocycles. The molecule has 0 spiro atoms. The van der Waals surface area contributed by atoms with Gasteiger partial charge in [0.2, 0.25) is 5.95 Å². The number of benzene rings is 1. The number of aryl methyl sites for hydroxylation is 1. The van der Waals surface area contributed by atoms with Crippen LogP contribution in [0, 0.1) is 0 Å². The first-order valence-electron chi connectivity index (χ1n) is 7.18. The average molecular weight is 268 g/mol. The van der Waals surface area contributed by atoms with E-state index in [9.17, 15) is 0 Å². The summed E-state index contributed by atoms with van der Waals surface area (Å²) >= 11 is 0. The van der Waals surface area contributed by atoms with Crippen molar-refractivity contribution in [3.63, 3.8) is 0 Å². The number of hydrogen-bond donors (Lipinski definition) is 1. The van der Waals surface area contributed by atoms with E-state index in [-0.39, 0.29) is 6.04 Å². The van der Waals surface area contributed by atoms with Crippen LogP contribution in [0.15, 0.2) is 36.7 Å². The smallest absolute Gasteiger partial charge is 0.225 e. The molecule has 0 aliphatic carbocycles. The Bertz CT molecular complexity index is 562. The van der Waals surface area contributed by atoms with Crippen LogP contribution in [0.25, 0.3) is 11.1 Å². The number of aromatic nitrogens is 2. The van der Waals surface area contributed by atoms with Crippen LogP contribution in [0.4, 0.5) is 5.95 Å². The van der Waals surface area contributed by atoms with Crippen molar-refractivity contribution in [2.45, 2.75) is 25.8 Å². The Morgan fingerprint density at radius 2 is 1.85 bits per heavy atom. The number of nitrogens with two attached hydrogens (primary N) is 1. The Morgan fingerprint density at radius 3 is 2.40 bits per heavy atom. The molecule has 2 aromatic rings. The fraction of sp³-hybridized carbons (Fsp3) is 0.375. The van der Waals surface area contributed by atoms with Gasteiger partial charge in [-0.05, 0) is 24.0 Å². The van der Waals surface area contributed by atoms with Gasteiger partial charge in [-0.2, -0.15) is 0 Å². The second-order valence-electron chi connectivity index (χ2n) is 5.32. The minimum atomic E-state index is 0.250. The zero-order chi connectivity index (χ0) is 13.9. The first-order chi connectivity index (χ1) is 9.76. The van der Waals surface area contributed by atoms with E-state index >= 15 is 0 Å². The Labute approximate surface area is 119 Å². The highest BCUT2D eigenvalue weighted by atomic mass is 15.3. The van der Waals surface area contributed by atoms with Crippen LogP contribution in [0.2, 0.25) is 0 Å². The summed E-state index contributed by atoms with van der Waals surface area (Å²) in [5.41, 5.74) is 9.47. The first kappa shape index (κ1) is 13.1. The molecule has 104 valence electrons. The highest BCUT2D eigenvalue weighted by Gasteiger charge is 2.20. The van der Waals surface area contributed by atoms with Gasteiger partial charge in [0.15, 0.2) is 0 Å². The van der Waals surface area contributed by atoms with Gasteiger partial charge in [0.05, 0.1) is 0 Å². The molecule has 20 heavy (non-hydrogen) atoms. The third-order valence-electron chi connectivity index (χ3n) is 3.84. The van der Waals surface area contributed by atoms with Gasteiger partial charge in [-0.1, -0.05) is 31.2 Å². The third-order valence-corrected chi connectivity index (χ3v) is 3.84. The van der Waals surface area contributed by atoms with Crippen LogP contribution in [0.5, 0.6) is 0 Å². The molecular formula is C16H20N4. The van der Waals surface area contributed by atoms with Gasteiger partial charge in [0.1, 0.15) is 0 Å². The predicted molar refractivity (Wildman–Crippen MR) is 81.7 cm³/mol. The molecule has 1 aliphatic rings. The molecular weight excluding hydrogens is 248 g/mol. The van der Waals surface area contributed by atoms with Crippen LogP contribution in [-0.4, -0.2) is 29.1 Å². The lowest BCUT2D eigenvalue weighted by Gasteiger charge is -2.15. The van der Waals surface area contributed by atoms with Crippen molar-refractivity contribution >= 4 is 5.95 Å². The fourth-order valence-electron chi connectivity index (χ4n) is 2.54. The van der Waals surface area contributed by atoms with Gasteiger partial charge in [0.25, 0.3) is 0 Å². The second-order valence-corrected chi connectivity index (χ2v) is 5.32. The first-order valence-corrected chi connectivity index (χ1v) is 7.18. The zero-order valence-corrected chi connectivity index (χ0v) is 11.8. The molecule has 2 N–H and O–H groups in total. The standard InChI is InChI=1S/C16H20N4/c1-2-12-3-5-13(6-4-12)14-9-18-16(19-10-14)20-8-7-15(17)11-20/h3-6,9-10,15H,2,7-8,11,17H2,1H3. The van der Waals surface area contributed by atoms with Crippen molar-refractivity contribution in [3.8, 4) is 11.1 Å². The summed E-state index contributed by atoms with van der Waals surface area (Å²) in [6.07, 6.45) is 5.87. The summed E-state index contributed by atoms with van der Waals surface area (Å²) in [6.45, 7) is 3.96. The van der Waals surface area contributed by atoms with Gasteiger partial charge in [-0.3, -0.25) is 0 Å². The van der Waals surface area contributed by atoms with Crippen LogP contribution in [0.3, 0.4) is 0 Å². The molecule has 3 rings (SSSR count). The summed E-state index contributed by atoms with van der Waals surface area (Å²) in [5, 5.41) is 0. The lowest BCUT2D eigenvalue weighted by atomic mass is 10.1. The van der Waals surface area contributed by atoms with E-state index in [2.05, 4.69) is 46.1 Å². The Morgan fingerprint density at radius 1 is 1.15 bits per heavy atom. The van der Waals surface area contributed by atoms with Gasteiger partial charge < -0.3 is 10.6 Å². The molecule has 2 heterocycles. The van der Waals surface area contributed by atoms with Crippen LogP contribution >= 0.6 is 0 Å². The van der Waals surface area contributed by atoms with Gasteiger partial charge >= 0.3 is 0 Å². The normalized spacial score (nSPS) is 18.5. The maximum absolute atomic E-state index is 5.91. The monoisotopic (exact) mass is 268 g/mol. The van der Waals surface area contributed by atoms with Gasteiger partial charge in [-0.25, -0.2) is 9.97 Å². The van der Waals surface area contributed by atoms with Crippen LogP contribution in [-0.2, 0) is 6.42 Å². The molecule has 4 nitrogen and oxygen atoms in total.